The summed E-state index contributed by atoms with van der Waals surface area (Å²) in [5.74, 6) is 0.407. The van der Waals surface area contributed by atoms with E-state index in [0.717, 1.165) is 6.42 Å². The minimum absolute atomic E-state index is 0.00888. The SMILES string of the molecule is COC(=O)N1C[C@@H](CC(C)C)N(C2CCN(C(=O)OC(C)(C)C)CC2)C1=O. The van der Waals surface area contributed by atoms with Crippen LogP contribution < -0.4 is 0 Å². The highest BCUT2D eigenvalue weighted by atomic mass is 16.6. The highest BCUT2D eigenvalue weighted by Crippen LogP contribution is 2.29. The van der Waals surface area contributed by atoms with Gasteiger partial charge >= 0.3 is 18.2 Å². The fourth-order valence-corrected chi connectivity index (χ4v) is 3.77. The molecule has 1 atom stereocenters. The molecule has 2 fully saturated rings. The predicted octanol–water partition coefficient (Wildman–Crippen LogP) is 3.30. The standard InChI is InChI=1S/C19H33N3O5/c1-13(2)11-15-12-21(18(25)26-6)16(23)22(15)14-7-9-20(10-8-14)17(24)27-19(3,4)5/h13-15H,7-12H2,1-6H3/t15-/m1/s1. The Labute approximate surface area is 161 Å². The molecule has 2 aliphatic heterocycles. The molecule has 0 aromatic heterocycles. The molecule has 0 bridgehead atoms. The zero-order valence-corrected chi connectivity index (χ0v) is 17.4. The number of carbonyl (C=O) groups excluding carboxylic acids is 3. The average Bonchev–Trinajstić information content (AvgIpc) is 2.88. The molecule has 2 heterocycles. The molecule has 0 radical (unpaired) electrons. The van der Waals surface area contributed by atoms with E-state index in [2.05, 4.69) is 13.8 Å². The molecular weight excluding hydrogens is 350 g/mol. The molecule has 0 spiro atoms. The number of nitrogens with zero attached hydrogens (tertiary/aromatic N) is 3. The van der Waals surface area contributed by atoms with E-state index in [1.165, 1.54) is 12.0 Å². The number of urea groups is 1. The molecule has 0 aliphatic carbocycles. The summed E-state index contributed by atoms with van der Waals surface area (Å²) in [7, 11) is 1.29. The summed E-state index contributed by atoms with van der Waals surface area (Å²) in [6.45, 7) is 11.2. The van der Waals surface area contributed by atoms with Crippen molar-refractivity contribution in [1.29, 1.82) is 0 Å². The van der Waals surface area contributed by atoms with Crippen molar-refractivity contribution >= 4 is 18.2 Å². The van der Waals surface area contributed by atoms with E-state index in [1.807, 2.05) is 25.7 Å². The van der Waals surface area contributed by atoms with Crippen LogP contribution in [0, 0.1) is 5.92 Å². The van der Waals surface area contributed by atoms with Crippen LogP contribution >= 0.6 is 0 Å². The van der Waals surface area contributed by atoms with E-state index in [0.29, 0.717) is 38.4 Å². The van der Waals surface area contributed by atoms with Crippen molar-refractivity contribution in [1.82, 2.24) is 14.7 Å². The number of likely N-dealkylation sites (tertiary alicyclic amines) is 1. The minimum atomic E-state index is -0.609. The molecule has 0 unspecified atom stereocenters. The second kappa shape index (κ2) is 8.35. The van der Waals surface area contributed by atoms with E-state index in [4.69, 9.17) is 9.47 Å². The Morgan fingerprint density at radius 1 is 1.15 bits per heavy atom. The fraction of sp³-hybridized carbons (Fsp3) is 0.842. The van der Waals surface area contributed by atoms with Crippen molar-refractivity contribution in [2.45, 2.75) is 71.6 Å². The quantitative estimate of drug-likeness (QED) is 0.747. The maximum atomic E-state index is 12.8. The van der Waals surface area contributed by atoms with E-state index >= 15 is 0 Å². The van der Waals surface area contributed by atoms with Crippen LogP contribution in [0.2, 0.25) is 0 Å². The van der Waals surface area contributed by atoms with Gasteiger partial charge in [0.15, 0.2) is 0 Å². The molecule has 2 aliphatic rings. The van der Waals surface area contributed by atoms with Gasteiger partial charge < -0.3 is 19.3 Å². The first kappa shape index (κ1) is 21.3. The van der Waals surface area contributed by atoms with E-state index in [1.54, 1.807) is 4.90 Å². The smallest absolute Gasteiger partial charge is 0.417 e. The molecule has 8 nitrogen and oxygen atoms in total. The van der Waals surface area contributed by atoms with Crippen molar-refractivity contribution in [3.8, 4) is 0 Å². The van der Waals surface area contributed by atoms with E-state index < -0.39 is 11.7 Å². The lowest BCUT2D eigenvalue weighted by atomic mass is 9.98. The third-order valence-corrected chi connectivity index (χ3v) is 4.89. The second-order valence-electron chi connectivity index (χ2n) is 8.75. The van der Waals surface area contributed by atoms with E-state index in [9.17, 15) is 14.4 Å². The lowest BCUT2D eigenvalue weighted by molar-refractivity contribution is 0.0155. The zero-order valence-electron chi connectivity index (χ0n) is 17.4. The van der Waals surface area contributed by atoms with Crippen LogP contribution in [-0.2, 0) is 9.47 Å². The van der Waals surface area contributed by atoms with Crippen molar-refractivity contribution in [3.63, 3.8) is 0 Å². The number of piperidine rings is 1. The van der Waals surface area contributed by atoms with Crippen molar-refractivity contribution in [2.24, 2.45) is 5.92 Å². The van der Waals surface area contributed by atoms with Crippen LogP contribution in [0.3, 0.4) is 0 Å². The van der Waals surface area contributed by atoms with Gasteiger partial charge in [-0.25, -0.2) is 19.3 Å². The lowest BCUT2D eigenvalue weighted by Gasteiger charge is -2.39. The molecule has 2 rings (SSSR count). The average molecular weight is 383 g/mol. The Morgan fingerprint density at radius 3 is 2.22 bits per heavy atom. The Kier molecular flexibility index (Phi) is 6.59. The van der Waals surface area contributed by atoms with Crippen LogP contribution in [0.4, 0.5) is 14.4 Å². The summed E-state index contributed by atoms with van der Waals surface area (Å²) in [5, 5.41) is 0. The Hall–Kier alpha value is -1.99. The van der Waals surface area contributed by atoms with Crippen molar-refractivity contribution < 1.29 is 23.9 Å². The molecule has 4 amide bonds. The highest BCUT2D eigenvalue weighted by molar-refractivity contribution is 5.93. The minimum Gasteiger partial charge on any atom is -0.452 e. The van der Waals surface area contributed by atoms with Crippen LogP contribution in [0.15, 0.2) is 0 Å². The van der Waals surface area contributed by atoms with Gasteiger partial charge in [-0.2, -0.15) is 0 Å². The number of hydrogen-bond donors (Lipinski definition) is 0. The fourth-order valence-electron chi connectivity index (χ4n) is 3.77. The first-order valence-corrected chi connectivity index (χ1v) is 9.69. The Bertz CT molecular complexity index is 564. The Balaban J connectivity index is 2.04. The normalized spacial score (nSPS) is 21.8. The molecule has 0 N–H and O–H groups in total. The van der Waals surface area contributed by atoms with Crippen LogP contribution in [-0.4, -0.2) is 77.3 Å². The summed E-state index contributed by atoms with van der Waals surface area (Å²) < 4.78 is 10.2. The van der Waals surface area contributed by atoms with E-state index in [-0.39, 0.29) is 24.2 Å². The van der Waals surface area contributed by atoms with Crippen molar-refractivity contribution in [3.05, 3.63) is 0 Å². The van der Waals surface area contributed by atoms with Gasteiger partial charge in [-0.05, 0) is 46.0 Å². The number of hydrogen-bond acceptors (Lipinski definition) is 5. The summed E-state index contributed by atoms with van der Waals surface area (Å²) in [6, 6.07) is -0.299. The topological polar surface area (TPSA) is 79.4 Å². The molecule has 0 aromatic carbocycles. The molecule has 2 saturated heterocycles. The molecule has 154 valence electrons. The zero-order chi connectivity index (χ0) is 20.4. The first-order valence-electron chi connectivity index (χ1n) is 9.69. The molecular formula is C19H33N3O5. The van der Waals surface area contributed by atoms with Gasteiger partial charge in [0, 0.05) is 19.1 Å². The number of ether oxygens (including phenoxy) is 2. The summed E-state index contributed by atoms with van der Waals surface area (Å²) >= 11 is 0. The number of carbonyl (C=O) groups is 3. The maximum Gasteiger partial charge on any atom is 0.417 e. The summed E-state index contributed by atoms with van der Waals surface area (Å²) in [6.07, 6.45) is 1.25. The number of amides is 4. The van der Waals surface area contributed by atoms with Gasteiger partial charge in [0.1, 0.15) is 5.60 Å². The monoisotopic (exact) mass is 383 g/mol. The second-order valence-corrected chi connectivity index (χ2v) is 8.75. The number of imide groups is 1. The van der Waals surface area contributed by atoms with Gasteiger partial charge in [-0.1, -0.05) is 13.8 Å². The van der Waals surface area contributed by atoms with Crippen LogP contribution in [0.25, 0.3) is 0 Å². The van der Waals surface area contributed by atoms with Crippen molar-refractivity contribution in [2.75, 3.05) is 26.7 Å². The van der Waals surface area contributed by atoms with Gasteiger partial charge in [0.2, 0.25) is 0 Å². The van der Waals surface area contributed by atoms with Gasteiger partial charge in [0.25, 0.3) is 0 Å². The predicted molar refractivity (Wildman–Crippen MR) is 100 cm³/mol. The first-order chi connectivity index (χ1) is 12.5. The molecule has 8 heteroatoms. The van der Waals surface area contributed by atoms with Gasteiger partial charge in [0.05, 0.1) is 19.7 Å². The Morgan fingerprint density at radius 2 is 1.74 bits per heavy atom. The maximum absolute atomic E-state index is 12.8. The highest BCUT2D eigenvalue weighted by Gasteiger charge is 2.45. The third-order valence-electron chi connectivity index (χ3n) is 4.89. The molecule has 0 aromatic rings. The molecule has 27 heavy (non-hydrogen) atoms. The summed E-state index contributed by atoms with van der Waals surface area (Å²) in [5.41, 5.74) is -0.526. The number of methoxy groups -OCH3 is 1. The summed E-state index contributed by atoms with van der Waals surface area (Å²) in [4.78, 5) is 41.8. The number of rotatable bonds is 3. The van der Waals surface area contributed by atoms with Gasteiger partial charge in [-0.15, -0.1) is 0 Å². The van der Waals surface area contributed by atoms with Crippen LogP contribution in [0.5, 0.6) is 0 Å². The third kappa shape index (κ3) is 5.26. The molecule has 0 saturated carbocycles. The van der Waals surface area contributed by atoms with Gasteiger partial charge in [-0.3, -0.25) is 0 Å². The largest absolute Gasteiger partial charge is 0.452 e. The van der Waals surface area contributed by atoms with Crippen LogP contribution in [0.1, 0.15) is 53.9 Å². The lowest BCUT2D eigenvalue weighted by Crippen LogP contribution is -2.51.